The van der Waals surface area contributed by atoms with E-state index in [-0.39, 0.29) is 24.3 Å². The molecule has 25 heavy (non-hydrogen) atoms. The van der Waals surface area contributed by atoms with Crippen LogP contribution in [0.25, 0.3) is 11.1 Å². The van der Waals surface area contributed by atoms with Crippen molar-refractivity contribution < 1.29 is 19.1 Å². The number of carbonyl (C=O) groups excluding carboxylic acids is 3. The summed E-state index contributed by atoms with van der Waals surface area (Å²) in [6, 6.07) is 9.62. The molecule has 2 aliphatic rings. The summed E-state index contributed by atoms with van der Waals surface area (Å²) in [6.45, 7) is 1.23. The first-order valence-electron chi connectivity index (χ1n) is 8.01. The molecule has 4 rings (SSSR count). The first kappa shape index (κ1) is 15.8. The van der Waals surface area contributed by atoms with Gasteiger partial charge >= 0.3 is 6.09 Å². The van der Waals surface area contributed by atoms with E-state index in [0.29, 0.717) is 25.2 Å². The minimum Gasteiger partial charge on any atom is -0.439 e. The van der Waals surface area contributed by atoms with Gasteiger partial charge in [-0.3, -0.25) is 9.59 Å². The van der Waals surface area contributed by atoms with E-state index in [1.165, 1.54) is 0 Å². The number of hydrogen-bond acceptors (Lipinski definition) is 5. The van der Waals surface area contributed by atoms with Crippen LogP contribution in [-0.2, 0) is 9.53 Å². The van der Waals surface area contributed by atoms with E-state index in [1.54, 1.807) is 16.2 Å². The third kappa shape index (κ3) is 3.02. The molecule has 0 saturated carbocycles. The number of cyclic esters (lactones) is 1. The van der Waals surface area contributed by atoms with Gasteiger partial charge in [0, 0.05) is 31.1 Å². The van der Waals surface area contributed by atoms with Crippen LogP contribution in [0.5, 0.6) is 0 Å². The molecule has 0 aliphatic carbocycles. The molecular weight excluding hydrogens is 340 g/mol. The first-order chi connectivity index (χ1) is 12.1. The van der Waals surface area contributed by atoms with Gasteiger partial charge in [0.15, 0.2) is 6.61 Å². The summed E-state index contributed by atoms with van der Waals surface area (Å²) in [5.74, 6) is -0.217. The third-order valence-electron chi connectivity index (χ3n) is 4.51. The number of nitrogens with zero attached hydrogens (tertiary/aromatic N) is 2. The lowest BCUT2D eigenvalue weighted by Gasteiger charge is -2.40. The Labute approximate surface area is 148 Å². The van der Waals surface area contributed by atoms with Gasteiger partial charge in [0.1, 0.15) is 0 Å². The zero-order chi connectivity index (χ0) is 17.4. The van der Waals surface area contributed by atoms with Crippen LogP contribution in [0.15, 0.2) is 41.1 Å². The lowest BCUT2D eigenvalue weighted by molar-refractivity contribution is -0.126. The molecule has 3 amide bonds. The number of rotatable bonds is 4. The molecule has 1 aromatic heterocycles. The molecule has 2 aliphatic heterocycles. The quantitative estimate of drug-likeness (QED) is 0.844. The Morgan fingerprint density at radius 1 is 1.12 bits per heavy atom. The third-order valence-corrected chi connectivity index (χ3v) is 5.20. The van der Waals surface area contributed by atoms with Crippen molar-refractivity contribution >= 4 is 29.2 Å². The number of likely N-dealkylation sites (tertiary alicyclic amines) is 1. The van der Waals surface area contributed by atoms with Gasteiger partial charge in [0.25, 0.3) is 11.8 Å². The fourth-order valence-corrected chi connectivity index (χ4v) is 3.75. The molecule has 0 atom stereocenters. The van der Waals surface area contributed by atoms with Crippen LogP contribution in [0.4, 0.5) is 4.79 Å². The molecule has 128 valence electrons. The van der Waals surface area contributed by atoms with Gasteiger partial charge < -0.3 is 9.64 Å². The Morgan fingerprint density at radius 2 is 1.88 bits per heavy atom. The van der Waals surface area contributed by atoms with E-state index in [0.717, 1.165) is 16.0 Å². The number of thiophene rings is 1. The molecular formula is C18H16N2O4S. The summed E-state index contributed by atoms with van der Waals surface area (Å²) in [4.78, 5) is 38.3. The van der Waals surface area contributed by atoms with Crippen molar-refractivity contribution in [2.75, 3.05) is 26.2 Å². The summed E-state index contributed by atoms with van der Waals surface area (Å²) in [7, 11) is 0. The molecule has 0 spiro atoms. The second kappa shape index (κ2) is 6.33. The highest BCUT2D eigenvalue weighted by atomic mass is 32.1. The zero-order valence-corrected chi connectivity index (χ0v) is 14.2. The van der Waals surface area contributed by atoms with Crippen molar-refractivity contribution in [1.82, 2.24) is 9.80 Å². The van der Waals surface area contributed by atoms with E-state index in [2.05, 4.69) is 5.38 Å². The fraction of sp³-hybridized carbons (Fsp3) is 0.278. The molecule has 2 saturated heterocycles. The Bertz CT molecular complexity index is 794. The molecule has 1 aromatic carbocycles. The standard InChI is InChI=1S/C18H16N2O4S/c21-16-10-24-18(23)20(16)9-12-7-19(8-12)17(22)14-3-1-13(2-4-14)15-5-6-25-11-15/h1-6,11-12H,7-10H2. The monoisotopic (exact) mass is 356 g/mol. The maximum atomic E-state index is 12.5. The smallest absolute Gasteiger partial charge is 0.417 e. The highest BCUT2D eigenvalue weighted by molar-refractivity contribution is 7.08. The average molecular weight is 356 g/mol. The molecule has 6 nitrogen and oxygen atoms in total. The van der Waals surface area contributed by atoms with Gasteiger partial charge in [-0.1, -0.05) is 12.1 Å². The SMILES string of the molecule is O=C(c1ccc(-c2ccsc2)cc1)N1CC(CN2C(=O)COC2=O)C1. The molecule has 0 bridgehead atoms. The Morgan fingerprint density at radius 3 is 2.48 bits per heavy atom. The van der Waals surface area contributed by atoms with Gasteiger partial charge in [0.2, 0.25) is 0 Å². The largest absolute Gasteiger partial charge is 0.439 e. The minimum atomic E-state index is -0.584. The molecule has 2 aromatic rings. The van der Waals surface area contributed by atoms with Gasteiger partial charge in [-0.2, -0.15) is 11.3 Å². The van der Waals surface area contributed by atoms with Crippen molar-refractivity contribution in [3.05, 3.63) is 46.7 Å². The number of amides is 3. The lowest BCUT2D eigenvalue weighted by atomic mass is 9.97. The number of imide groups is 1. The highest BCUT2D eigenvalue weighted by Crippen LogP contribution is 2.25. The molecule has 3 heterocycles. The average Bonchev–Trinajstić information content (AvgIpc) is 3.22. The normalized spacial score (nSPS) is 17.6. The summed E-state index contributed by atoms with van der Waals surface area (Å²) < 4.78 is 4.69. The molecule has 0 radical (unpaired) electrons. The van der Waals surface area contributed by atoms with Crippen molar-refractivity contribution in [1.29, 1.82) is 0 Å². The van der Waals surface area contributed by atoms with Crippen molar-refractivity contribution in [3.8, 4) is 11.1 Å². The number of benzene rings is 1. The van der Waals surface area contributed by atoms with E-state index in [9.17, 15) is 14.4 Å². The summed E-state index contributed by atoms with van der Waals surface area (Å²) in [6.07, 6.45) is -0.584. The van der Waals surface area contributed by atoms with E-state index in [1.807, 2.05) is 35.7 Å². The molecule has 0 N–H and O–H groups in total. The van der Waals surface area contributed by atoms with Gasteiger partial charge in [-0.15, -0.1) is 0 Å². The highest BCUT2D eigenvalue weighted by Gasteiger charge is 2.38. The van der Waals surface area contributed by atoms with Crippen molar-refractivity contribution in [3.63, 3.8) is 0 Å². The van der Waals surface area contributed by atoms with Crippen molar-refractivity contribution in [2.45, 2.75) is 0 Å². The predicted octanol–water partition coefficient (Wildman–Crippen LogP) is 2.47. The Balaban J connectivity index is 1.34. The molecule has 7 heteroatoms. The number of ether oxygens (including phenoxy) is 1. The van der Waals surface area contributed by atoms with E-state index in [4.69, 9.17) is 4.74 Å². The zero-order valence-electron chi connectivity index (χ0n) is 13.4. The van der Waals surface area contributed by atoms with Crippen LogP contribution in [0, 0.1) is 5.92 Å². The van der Waals surface area contributed by atoms with Crippen LogP contribution in [-0.4, -0.2) is 53.9 Å². The van der Waals surface area contributed by atoms with Crippen LogP contribution in [0.2, 0.25) is 0 Å². The van der Waals surface area contributed by atoms with Crippen LogP contribution in [0.1, 0.15) is 10.4 Å². The van der Waals surface area contributed by atoms with Gasteiger partial charge in [0.05, 0.1) is 0 Å². The Kier molecular flexibility index (Phi) is 4.01. The summed E-state index contributed by atoms with van der Waals surface area (Å²) in [5, 5.41) is 4.09. The maximum Gasteiger partial charge on any atom is 0.417 e. The summed E-state index contributed by atoms with van der Waals surface area (Å²) in [5.41, 5.74) is 2.88. The second-order valence-electron chi connectivity index (χ2n) is 6.22. The summed E-state index contributed by atoms with van der Waals surface area (Å²) >= 11 is 1.64. The van der Waals surface area contributed by atoms with E-state index < -0.39 is 6.09 Å². The fourth-order valence-electron chi connectivity index (χ4n) is 3.08. The minimum absolute atomic E-state index is 0.0246. The predicted molar refractivity (Wildman–Crippen MR) is 92.2 cm³/mol. The topological polar surface area (TPSA) is 66.9 Å². The van der Waals surface area contributed by atoms with Crippen LogP contribution in [0.3, 0.4) is 0 Å². The maximum absolute atomic E-state index is 12.5. The second-order valence-corrected chi connectivity index (χ2v) is 7.00. The lowest BCUT2D eigenvalue weighted by Crippen LogP contribution is -2.54. The van der Waals surface area contributed by atoms with Crippen LogP contribution < -0.4 is 0 Å². The Hall–Kier alpha value is -2.67. The van der Waals surface area contributed by atoms with Crippen molar-refractivity contribution in [2.24, 2.45) is 5.92 Å². The van der Waals surface area contributed by atoms with Gasteiger partial charge in [-0.05, 0) is 40.1 Å². The number of carbonyl (C=O) groups is 3. The first-order valence-corrected chi connectivity index (χ1v) is 8.95. The van der Waals surface area contributed by atoms with E-state index >= 15 is 0 Å². The molecule has 2 fully saturated rings. The molecule has 0 unspecified atom stereocenters. The number of hydrogen-bond donors (Lipinski definition) is 0. The van der Waals surface area contributed by atoms with Crippen LogP contribution >= 0.6 is 11.3 Å². The van der Waals surface area contributed by atoms with Gasteiger partial charge in [-0.25, -0.2) is 9.69 Å².